The quantitative estimate of drug-likeness (QED) is 0.476. The Labute approximate surface area is 211 Å². The lowest BCUT2D eigenvalue weighted by Crippen LogP contribution is -2.41. The number of aliphatic carboxylic acids is 1. The Bertz CT molecular complexity index is 1300. The van der Waals surface area contributed by atoms with Crippen molar-refractivity contribution in [3.05, 3.63) is 82.9 Å². The number of carboxylic acid groups (broad SMARTS) is 1. The minimum absolute atomic E-state index is 0.112. The van der Waals surface area contributed by atoms with Crippen LogP contribution in [0.1, 0.15) is 40.9 Å². The van der Waals surface area contributed by atoms with Crippen LogP contribution in [0, 0.1) is 13.8 Å². The molecule has 1 atom stereocenters. The molecule has 0 saturated carbocycles. The number of para-hydroxylation sites is 2. The van der Waals surface area contributed by atoms with Crippen LogP contribution in [0.4, 0.5) is 11.4 Å². The van der Waals surface area contributed by atoms with E-state index in [1.165, 1.54) is 0 Å². The molecule has 0 spiro atoms. The summed E-state index contributed by atoms with van der Waals surface area (Å²) in [7, 11) is 2.03. The van der Waals surface area contributed by atoms with Gasteiger partial charge in [-0.2, -0.15) is 0 Å². The molecule has 0 radical (unpaired) electrons. The van der Waals surface area contributed by atoms with Gasteiger partial charge >= 0.3 is 5.97 Å². The van der Waals surface area contributed by atoms with Gasteiger partial charge in [-0.25, -0.2) is 0 Å². The fraction of sp³-hybridized carbons (Fsp3) is 0.310. The van der Waals surface area contributed by atoms with Crippen molar-refractivity contribution >= 4 is 23.3 Å². The number of carbonyl (C=O) groups is 2. The van der Waals surface area contributed by atoms with Gasteiger partial charge in [-0.05, 0) is 86.8 Å². The van der Waals surface area contributed by atoms with Gasteiger partial charge in [-0.1, -0.05) is 18.2 Å². The zero-order valence-electron chi connectivity index (χ0n) is 21.3. The van der Waals surface area contributed by atoms with Crippen molar-refractivity contribution in [1.82, 2.24) is 0 Å². The van der Waals surface area contributed by atoms with Gasteiger partial charge in [0.15, 0.2) is 0 Å². The third-order valence-electron chi connectivity index (χ3n) is 6.63. The maximum Gasteiger partial charge on any atom is 0.313 e. The number of hydrogen-bond donors (Lipinski definition) is 2. The Morgan fingerprint density at radius 3 is 2.56 bits per heavy atom. The van der Waals surface area contributed by atoms with Crippen LogP contribution < -0.4 is 19.7 Å². The van der Waals surface area contributed by atoms with Crippen LogP contribution in [0.3, 0.4) is 0 Å². The Hall–Kier alpha value is -4.00. The first-order valence-electron chi connectivity index (χ1n) is 11.9. The number of ether oxygens (including phenoxy) is 2. The second-order valence-corrected chi connectivity index (χ2v) is 9.79. The van der Waals surface area contributed by atoms with Crippen LogP contribution in [-0.2, 0) is 10.2 Å². The maximum atomic E-state index is 13.0. The molecule has 7 nitrogen and oxygen atoms in total. The maximum absolute atomic E-state index is 13.0. The Kier molecular flexibility index (Phi) is 6.93. The summed E-state index contributed by atoms with van der Waals surface area (Å²) in [6.07, 6.45) is -0.112. The average Bonchev–Trinajstić information content (AvgIpc) is 2.83. The number of benzene rings is 3. The lowest BCUT2D eigenvalue weighted by atomic mass is 9.82. The molecule has 1 amide bonds. The molecule has 1 heterocycles. The number of hydrogen-bond acceptors (Lipinski definition) is 5. The summed E-state index contributed by atoms with van der Waals surface area (Å²) in [6, 6.07) is 18.6. The Balaban J connectivity index is 1.42. The zero-order valence-corrected chi connectivity index (χ0v) is 21.3. The van der Waals surface area contributed by atoms with E-state index in [-0.39, 0.29) is 12.0 Å². The van der Waals surface area contributed by atoms with Gasteiger partial charge in [0.1, 0.15) is 24.2 Å². The minimum atomic E-state index is -1.07. The number of aryl methyl sites for hydroxylation is 2. The number of carbonyl (C=O) groups excluding carboxylic acids is 1. The molecule has 3 aromatic carbocycles. The zero-order chi connectivity index (χ0) is 26.0. The third kappa shape index (κ3) is 5.15. The summed E-state index contributed by atoms with van der Waals surface area (Å²) in [5.74, 6) is 0.315. The number of amides is 1. The van der Waals surface area contributed by atoms with Crippen LogP contribution in [-0.4, -0.2) is 43.3 Å². The first-order chi connectivity index (χ1) is 17.1. The standard InChI is InChI=1S/C29H32N2O5/c1-18-10-11-20(15-24(18)29(3,4)28(33)34)30-27(32)23-13-12-21(14-19(23)2)35-17-22-16-31(5)25-8-6-7-9-26(25)36-22/h6-15,22H,16-17H2,1-5H3,(H,30,32)(H,33,34)/t22-/m0/s1. The van der Waals surface area contributed by atoms with Crippen molar-refractivity contribution in [3.63, 3.8) is 0 Å². The van der Waals surface area contributed by atoms with E-state index >= 15 is 0 Å². The van der Waals surface area contributed by atoms with Gasteiger partial charge in [0, 0.05) is 18.3 Å². The number of nitrogens with one attached hydrogen (secondary N) is 1. The molecule has 4 rings (SSSR count). The SMILES string of the molecule is Cc1cc(OC[C@@H]2CN(C)c3ccccc3O2)ccc1C(=O)Nc1ccc(C)c(C(C)(C)C(=O)O)c1. The monoisotopic (exact) mass is 488 g/mol. The van der Waals surface area contributed by atoms with Crippen LogP contribution in [0.5, 0.6) is 11.5 Å². The van der Waals surface area contributed by atoms with Gasteiger partial charge in [-0.15, -0.1) is 0 Å². The van der Waals surface area contributed by atoms with E-state index in [0.717, 1.165) is 22.6 Å². The predicted molar refractivity (Wildman–Crippen MR) is 141 cm³/mol. The van der Waals surface area contributed by atoms with Crippen molar-refractivity contribution < 1.29 is 24.2 Å². The lowest BCUT2D eigenvalue weighted by Gasteiger charge is -2.33. The average molecular weight is 489 g/mol. The van der Waals surface area contributed by atoms with E-state index in [0.29, 0.717) is 35.7 Å². The molecule has 3 aromatic rings. The fourth-order valence-corrected chi connectivity index (χ4v) is 4.44. The molecule has 1 aliphatic rings. The van der Waals surface area contributed by atoms with E-state index in [1.54, 1.807) is 38.1 Å². The highest BCUT2D eigenvalue weighted by Crippen LogP contribution is 2.32. The molecule has 0 aromatic heterocycles. The molecule has 2 N–H and O–H groups in total. The van der Waals surface area contributed by atoms with Crippen molar-refractivity contribution in [1.29, 1.82) is 0 Å². The molecule has 0 unspecified atom stereocenters. The van der Waals surface area contributed by atoms with Crippen LogP contribution in [0.2, 0.25) is 0 Å². The van der Waals surface area contributed by atoms with Gasteiger partial charge in [0.25, 0.3) is 5.91 Å². The van der Waals surface area contributed by atoms with E-state index in [9.17, 15) is 14.7 Å². The first kappa shape index (κ1) is 25.1. The van der Waals surface area contributed by atoms with E-state index in [1.807, 2.05) is 57.3 Å². The van der Waals surface area contributed by atoms with Crippen LogP contribution >= 0.6 is 0 Å². The van der Waals surface area contributed by atoms with Gasteiger partial charge in [-0.3, -0.25) is 9.59 Å². The summed E-state index contributed by atoms with van der Waals surface area (Å²) in [5.41, 5.74) is 3.35. The molecule has 188 valence electrons. The molecule has 7 heteroatoms. The minimum Gasteiger partial charge on any atom is -0.490 e. The largest absolute Gasteiger partial charge is 0.490 e. The summed E-state index contributed by atoms with van der Waals surface area (Å²) < 4.78 is 12.1. The van der Waals surface area contributed by atoms with Crippen LogP contribution in [0.15, 0.2) is 60.7 Å². The molecule has 0 aliphatic carbocycles. The highest BCUT2D eigenvalue weighted by Gasteiger charge is 2.31. The molecule has 0 saturated heterocycles. The van der Waals surface area contributed by atoms with Crippen LogP contribution in [0.25, 0.3) is 0 Å². The second-order valence-electron chi connectivity index (χ2n) is 9.79. The molecule has 36 heavy (non-hydrogen) atoms. The highest BCUT2D eigenvalue weighted by molar-refractivity contribution is 6.05. The van der Waals surface area contributed by atoms with Crippen molar-refractivity contribution in [2.45, 2.75) is 39.2 Å². The van der Waals surface area contributed by atoms with Gasteiger partial charge < -0.3 is 24.8 Å². The lowest BCUT2D eigenvalue weighted by molar-refractivity contribution is -0.142. The molecular weight excluding hydrogens is 456 g/mol. The van der Waals surface area contributed by atoms with Crippen molar-refractivity contribution in [2.24, 2.45) is 0 Å². The normalized spacial score (nSPS) is 15.0. The van der Waals surface area contributed by atoms with Crippen molar-refractivity contribution in [3.8, 4) is 11.5 Å². The smallest absolute Gasteiger partial charge is 0.313 e. The van der Waals surface area contributed by atoms with Gasteiger partial charge in [0.05, 0.1) is 17.6 Å². The fourth-order valence-electron chi connectivity index (χ4n) is 4.44. The topological polar surface area (TPSA) is 88.1 Å². The Morgan fingerprint density at radius 2 is 1.83 bits per heavy atom. The summed E-state index contributed by atoms with van der Waals surface area (Å²) >= 11 is 0. The van der Waals surface area contributed by atoms with E-state index in [4.69, 9.17) is 9.47 Å². The number of carboxylic acids is 1. The number of nitrogens with zero attached hydrogens (tertiary/aromatic N) is 1. The molecule has 0 bridgehead atoms. The van der Waals surface area contributed by atoms with Gasteiger partial charge in [0.2, 0.25) is 0 Å². The number of likely N-dealkylation sites (N-methyl/N-ethyl adjacent to an activating group) is 1. The Morgan fingerprint density at radius 1 is 1.08 bits per heavy atom. The van der Waals surface area contributed by atoms with Crippen molar-refractivity contribution in [2.75, 3.05) is 30.4 Å². The highest BCUT2D eigenvalue weighted by atomic mass is 16.5. The third-order valence-corrected chi connectivity index (χ3v) is 6.63. The summed E-state index contributed by atoms with van der Waals surface area (Å²) in [4.78, 5) is 26.9. The summed E-state index contributed by atoms with van der Waals surface area (Å²) in [5, 5.41) is 12.5. The predicted octanol–water partition coefficient (Wildman–Crippen LogP) is 5.19. The molecule has 0 fully saturated rings. The van der Waals surface area contributed by atoms with E-state index in [2.05, 4.69) is 10.2 Å². The summed E-state index contributed by atoms with van der Waals surface area (Å²) in [6.45, 7) is 8.13. The molecular formula is C29H32N2O5. The number of anilines is 2. The second kappa shape index (κ2) is 9.93. The van der Waals surface area contributed by atoms with E-state index < -0.39 is 11.4 Å². The number of fused-ring (bicyclic) bond motifs is 1. The first-order valence-corrected chi connectivity index (χ1v) is 11.9. The number of rotatable bonds is 7. The molecule has 1 aliphatic heterocycles.